The van der Waals surface area contributed by atoms with Crippen LogP contribution in [0.4, 0.5) is 0 Å². The molecule has 4 heteroatoms. The Kier molecular flexibility index (Phi) is 7.18. The first-order valence-corrected chi connectivity index (χ1v) is 6.43. The minimum Gasteiger partial charge on any atom is -0.468 e. The third-order valence-electron chi connectivity index (χ3n) is 3.14. The van der Waals surface area contributed by atoms with Gasteiger partial charge in [-0.05, 0) is 19.3 Å². The van der Waals surface area contributed by atoms with Crippen LogP contribution in [0.15, 0.2) is 0 Å². The molecule has 1 atom stereocenters. The van der Waals surface area contributed by atoms with Gasteiger partial charge >= 0.3 is 5.97 Å². The SMILES string of the molecule is CCC(CC)(CC)NCC(Br)C(=O)OC. The van der Waals surface area contributed by atoms with E-state index in [4.69, 9.17) is 0 Å². The third kappa shape index (κ3) is 4.51. The summed E-state index contributed by atoms with van der Waals surface area (Å²) in [5.74, 6) is -0.222. The van der Waals surface area contributed by atoms with Crippen LogP contribution in [-0.4, -0.2) is 30.0 Å². The van der Waals surface area contributed by atoms with Crippen molar-refractivity contribution in [3.05, 3.63) is 0 Å². The number of methoxy groups -OCH3 is 1. The zero-order valence-electron chi connectivity index (χ0n) is 10.1. The number of carbonyl (C=O) groups is 1. The maximum Gasteiger partial charge on any atom is 0.320 e. The largest absolute Gasteiger partial charge is 0.468 e. The van der Waals surface area contributed by atoms with Gasteiger partial charge in [-0.15, -0.1) is 0 Å². The molecule has 0 aliphatic rings. The Bertz CT molecular complexity index is 185. The molecule has 0 radical (unpaired) electrons. The van der Waals surface area contributed by atoms with Crippen molar-refractivity contribution in [2.24, 2.45) is 0 Å². The number of nitrogens with one attached hydrogen (secondary N) is 1. The van der Waals surface area contributed by atoms with Crippen LogP contribution < -0.4 is 5.32 Å². The topological polar surface area (TPSA) is 38.3 Å². The lowest BCUT2D eigenvalue weighted by Gasteiger charge is -2.32. The highest BCUT2D eigenvalue weighted by Gasteiger charge is 2.25. The zero-order valence-corrected chi connectivity index (χ0v) is 11.7. The van der Waals surface area contributed by atoms with Crippen molar-refractivity contribution in [1.29, 1.82) is 0 Å². The second-order valence-corrected chi connectivity index (χ2v) is 4.82. The van der Waals surface area contributed by atoms with Crippen molar-refractivity contribution in [3.63, 3.8) is 0 Å². The molecule has 0 amide bonds. The van der Waals surface area contributed by atoms with Crippen LogP contribution in [0.3, 0.4) is 0 Å². The maximum absolute atomic E-state index is 11.2. The molecule has 0 aromatic heterocycles. The van der Waals surface area contributed by atoms with Gasteiger partial charge < -0.3 is 10.1 Å². The highest BCUT2D eigenvalue weighted by atomic mass is 79.9. The molecule has 0 aromatic carbocycles. The Morgan fingerprint density at radius 2 is 1.80 bits per heavy atom. The van der Waals surface area contributed by atoms with Gasteiger partial charge in [-0.25, -0.2) is 0 Å². The van der Waals surface area contributed by atoms with Gasteiger partial charge in [-0.3, -0.25) is 4.79 Å². The fourth-order valence-electron chi connectivity index (χ4n) is 1.64. The number of hydrogen-bond acceptors (Lipinski definition) is 3. The summed E-state index contributed by atoms with van der Waals surface area (Å²) in [6.45, 7) is 7.12. The minimum absolute atomic E-state index is 0.153. The van der Waals surface area contributed by atoms with Crippen LogP contribution in [-0.2, 0) is 9.53 Å². The number of hydrogen-bond donors (Lipinski definition) is 1. The van der Waals surface area contributed by atoms with Gasteiger partial charge in [0.2, 0.25) is 0 Å². The van der Waals surface area contributed by atoms with Crippen molar-refractivity contribution >= 4 is 21.9 Å². The van der Waals surface area contributed by atoms with E-state index in [9.17, 15) is 4.79 Å². The van der Waals surface area contributed by atoms with Crippen LogP contribution in [0.25, 0.3) is 0 Å². The van der Waals surface area contributed by atoms with E-state index in [1.807, 2.05) is 0 Å². The summed E-state index contributed by atoms with van der Waals surface area (Å²) in [5.41, 5.74) is 0.153. The summed E-state index contributed by atoms with van der Waals surface area (Å²) in [6, 6.07) is 0. The highest BCUT2D eigenvalue weighted by molar-refractivity contribution is 9.10. The van der Waals surface area contributed by atoms with E-state index in [-0.39, 0.29) is 16.3 Å². The highest BCUT2D eigenvalue weighted by Crippen LogP contribution is 2.19. The van der Waals surface area contributed by atoms with Crippen molar-refractivity contribution < 1.29 is 9.53 Å². The fraction of sp³-hybridized carbons (Fsp3) is 0.909. The van der Waals surface area contributed by atoms with Gasteiger partial charge in [0.25, 0.3) is 0 Å². The van der Waals surface area contributed by atoms with Crippen LogP contribution in [0, 0.1) is 0 Å². The molecule has 0 rings (SSSR count). The van der Waals surface area contributed by atoms with Crippen molar-refractivity contribution in [2.75, 3.05) is 13.7 Å². The first-order chi connectivity index (χ1) is 7.05. The van der Waals surface area contributed by atoms with Gasteiger partial charge in [0, 0.05) is 12.1 Å². The molecule has 1 N–H and O–H groups in total. The Morgan fingerprint density at radius 1 is 1.33 bits per heavy atom. The van der Waals surface area contributed by atoms with E-state index in [1.165, 1.54) is 7.11 Å². The molecule has 90 valence electrons. The van der Waals surface area contributed by atoms with E-state index in [2.05, 4.69) is 46.8 Å². The molecule has 0 heterocycles. The summed E-state index contributed by atoms with van der Waals surface area (Å²) in [4.78, 5) is 10.9. The molecule has 0 aromatic rings. The molecular weight excluding hydrogens is 258 g/mol. The third-order valence-corrected chi connectivity index (χ3v) is 3.84. The number of rotatable bonds is 7. The molecule has 0 spiro atoms. The van der Waals surface area contributed by atoms with E-state index >= 15 is 0 Å². The summed E-state index contributed by atoms with van der Waals surface area (Å²) >= 11 is 3.31. The quantitative estimate of drug-likeness (QED) is 0.575. The molecule has 0 aliphatic carbocycles. The molecule has 0 bridgehead atoms. The average Bonchev–Trinajstić information content (AvgIpc) is 2.30. The molecule has 0 saturated carbocycles. The van der Waals surface area contributed by atoms with Gasteiger partial charge in [-0.1, -0.05) is 36.7 Å². The van der Waals surface area contributed by atoms with Gasteiger partial charge in [0.05, 0.1) is 7.11 Å². The predicted molar refractivity (Wildman–Crippen MR) is 66.3 cm³/mol. The van der Waals surface area contributed by atoms with E-state index in [0.29, 0.717) is 6.54 Å². The lowest BCUT2D eigenvalue weighted by molar-refractivity contribution is -0.139. The zero-order chi connectivity index (χ0) is 11.9. The lowest BCUT2D eigenvalue weighted by atomic mass is 9.90. The molecule has 15 heavy (non-hydrogen) atoms. The standard InChI is InChI=1S/C11H22BrNO2/c1-5-11(6-2,7-3)13-8-9(12)10(14)15-4/h9,13H,5-8H2,1-4H3. The number of carbonyl (C=O) groups excluding carboxylic acids is 1. The second-order valence-electron chi connectivity index (χ2n) is 3.71. The van der Waals surface area contributed by atoms with Crippen molar-refractivity contribution in [2.45, 2.75) is 50.4 Å². The van der Waals surface area contributed by atoms with Crippen LogP contribution in [0.2, 0.25) is 0 Å². The van der Waals surface area contributed by atoms with E-state index in [1.54, 1.807) is 0 Å². The average molecular weight is 280 g/mol. The van der Waals surface area contributed by atoms with Crippen LogP contribution in [0.1, 0.15) is 40.0 Å². The number of halogens is 1. The number of esters is 1. The number of ether oxygens (including phenoxy) is 1. The second kappa shape index (κ2) is 7.23. The van der Waals surface area contributed by atoms with Gasteiger partial charge in [0.15, 0.2) is 0 Å². The molecule has 1 unspecified atom stereocenters. The van der Waals surface area contributed by atoms with Crippen molar-refractivity contribution in [3.8, 4) is 0 Å². The first-order valence-electron chi connectivity index (χ1n) is 5.52. The smallest absolute Gasteiger partial charge is 0.320 e. The Morgan fingerprint density at radius 3 is 2.13 bits per heavy atom. The lowest BCUT2D eigenvalue weighted by Crippen LogP contribution is -2.47. The monoisotopic (exact) mass is 279 g/mol. The van der Waals surface area contributed by atoms with Gasteiger partial charge in [-0.2, -0.15) is 0 Å². The van der Waals surface area contributed by atoms with E-state index < -0.39 is 0 Å². The molecule has 0 fully saturated rings. The summed E-state index contributed by atoms with van der Waals surface area (Å²) in [5, 5.41) is 3.45. The summed E-state index contributed by atoms with van der Waals surface area (Å²) < 4.78 is 4.65. The normalized spacial score (nSPS) is 13.7. The van der Waals surface area contributed by atoms with Crippen LogP contribution in [0.5, 0.6) is 0 Å². The molecule has 0 aliphatic heterocycles. The van der Waals surface area contributed by atoms with E-state index in [0.717, 1.165) is 19.3 Å². The Hall–Kier alpha value is -0.0900. The maximum atomic E-state index is 11.2. The van der Waals surface area contributed by atoms with Crippen molar-refractivity contribution in [1.82, 2.24) is 5.32 Å². The first kappa shape index (κ1) is 14.9. The predicted octanol–water partition coefficient (Wildman–Crippen LogP) is 2.48. The summed E-state index contributed by atoms with van der Waals surface area (Å²) in [6.07, 6.45) is 3.21. The molecule has 0 saturated heterocycles. The number of alkyl halides is 1. The molecule has 3 nitrogen and oxygen atoms in total. The fourth-order valence-corrected chi connectivity index (χ4v) is 1.99. The molecular formula is C11H22BrNO2. The Labute approximate surface area is 101 Å². The minimum atomic E-state index is -0.258. The van der Waals surface area contributed by atoms with Gasteiger partial charge in [0.1, 0.15) is 4.83 Å². The Balaban J connectivity index is 4.16. The van der Waals surface area contributed by atoms with Crippen LogP contribution >= 0.6 is 15.9 Å². The summed E-state index contributed by atoms with van der Waals surface area (Å²) in [7, 11) is 1.41.